The number of hydrogen-bond acceptors (Lipinski definition) is 2. The number of thioether (sulfide) groups is 1. The van der Waals surface area contributed by atoms with Gasteiger partial charge >= 0.3 is 0 Å². The van der Waals surface area contributed by atoms with E-state index < -0.39 is 0 Å². The molecule has 88 valence electrons. The molecule has 0 spiro atoms. The van der Waals surface area contributed by atoms with Gasteiger partial charge in [-0.15, -0.1) is 11.8 Å². The molecule has 0 aliphatic carbocycles. The average molecular weight is 239 g/mol. The Bertz CT molecular complexity index is 359. The van der Waals surface area contributed by atoms with Crippen LogP contribution in [0.5, 0.6) is 0 Å². The topological polar surface area (TPSA) is 12.0 Å². The van der Waals surface area contributed by atoms with Gasteiger partial charge in [-0.1, -0.05) is 25.1 Å². The zero-order valence-electron chi connectivity index (χ0n) is 9.79. The van der Waals surface area contributed by atoms with Crippen molar-refractivity contribution in [2.45, 2.75) is 25.1 Å². The molecule has 0 amide bonds. The van der Waals surface area contributed by atoms with Crippen LogP contribution in [-0.2, 0) is 6.42 Å². The monoisotopic (exact) mass is 239 g/mol. The summed E-state index contributed by atoms with van der Waals surface area (Å²) in [5.41, 5.74) is 0.805. The second-order valence-electron chi connectivity index (χ2n) is 4.80. The lowest BCUT2D eigenvalue weighted by Crippen LogP contribution is -2.48. The zero-order chi connectivity index (χ0) is 11.6. The third-order valence-corrected chi connectivity index (χ3v) is 4.66. The van der Waals surface area contributed by atoms with Gasteiger partial charge in [-0.3, -0.25) is 0 Å². The summed E-state index contributed by atoms with van der Waals surface area (Å²) in [6.45, 7) is 5.43. The first-order valence-electron chi connectivity index (χ1n) is 5.71. The highest BCUT2D eigenvalue weighted by molar-refractivity contribution is 8.00. The van der Waals surface area contributed by atoms with Crippen molar-refractivity contribution < 1.29 is 4.39 Å². The van der Waals surface area contributed by atoms with E-state index in [2.05, 4.69) is 19.2 Å². The van der Waals surface area contributed by atoms with E-state index in [0.29, 0.717) is 5.92 Å². The van der Waals surface area contributed by atoms with Gasteiger partial charge in [0.25, 0.3) is 0 Å². The summed E-state index contributed by atoms with van der Waals surface area (Å²) in [7, 11) is 0. The molecule has 1 heterocycles. The standard InChI is InChI=1S/C13H18FNS/c1-10-8-15-13(2,16-9-10)7-11-5-3-4-6-12(11)14/h3-6,10,15H,7-9H2,1-2H3. The molecule has 1 aliphatic rings. The summed E-state index contributed by atoms with van der Waals surface area (Å²) in [6.07, 6.45) is 0.747. The van der Waals surface area contributed by atoms with Crippen LogP contribution >= 0.6 is 11.8 Å². The molecule has 0 radical (unpaired) electrons. The van der Waals surface area contributed by atoms with Crippen molar-refractivity contribution in [1.82, 2.24) is 5.32 Å². The largest absolute Gasteiger partial charge is 0.302 e. The van der Waals surface area contributed by atoms with Gasteiger partial charge in [-0.2, -0.15) is 0 Å². The normalized spacial score (nSPS) is 30.3. The van der Waals surface area contributed by atoms with Crippen molar-refractivity contribution in [3.05, 3.63) is 35.6 Å². The maximum absolute atomic E-state index is 13.6. The number of hydrogen-bond donors (Lipinski definition) is 1. The van der Waals surface area contributed by atoms with Gasteiger partial charge in [0.2, 0.25) is 0 Å². The Labute approximate surface area is 101 Å². The van der Waals surface area contributed by atoms with Gasteiger partial charge in [0.05, 0.1) is 4.87 Å². The molecular formula is C13H18FNS. The average Bonchev–Trinajstić information content (AvgIpc) is 2.27. The molecule has 2 atom stereocenters. The van der Waals surface area contributed by atoms with Gasteiger partial charge in [-0.25, -0.2) is 4.39 Å². The van der Waals surface area contributed by atoms with Crippen LogP contribution in [-0.4, -0.2) is 17.2 Å². The summed E-state index contributed by atoms with van der Waals surface area (Å²) in [6, 6.07) is 7.05. The Morgan fingerprint density at radius 2 is 2.25 bits per heavy atom. The van der Waals surface area contributed by atoms with Gasteiger partial charge < -0.3 is 5.32 Å². The van der Waals surface area contributed by atoms with E-state index in [0.717, 1.165) is 24.3 Å². The smallest absolute Gasteiger partial charge is 0.126 e. The third kappa shape index (κ3) is 2.77. The fourth-order valence-corrected chi connectivity index (χ4v) is 3.16. The molecule has 0 saturated carbocycles. The summed E-state index contributed by atoms with van der Waals surface area (Å²) in [5, 5.41) is 3.52. The van der Waals surface area contributed by atoms with Gasteiger partial charge in [-0.05, 0) is 36.8 Å². The van der Waals surface area contributed by atoms with E-state index in [-0.39, 0.29) is 10.7 Å². The van der Waals surface area contributed by atoms with E-state index in [1.54, 1.807) is 6.07 Å². The Hall–Kier alpha value is -0.540. The molecule has 16 heavy (non-hydrogen) atoms. The van der Waals surface area contributed by atoms with Gasteiger partial charge in [0, 0.05) is 6.42 Å². The first kappa shape index (κ1) is 11.9. The lowest BCUT2D eigenvalue weighted by molar-refractivity contribution is 0.425. The summed E-state index contributed by atoms with van der Waals surface area (Å²) >= 11 is 1.90. The van der Waals surface area contributed by atoms with E-state index in [1.807, 2.05) is 23.9 Å². The SMILES string of the molecule is CC1CNC(C)(Cc2ccccc2F)SC1. The molecule has 0 bridgehead atoms. The number of halogens is 1. The van der Waals surface area contributed by atoms with Crippen LogP contribution in [0.4, 0.5) is 4.39 Å². The van der Waals surface area contributed by atoms with Crippen molar-refractivity contribution in [2.75, 3.05) is 12.3 Å². The maximum atomic E-state index is 13.6. The summed E-state index contributed by atoms with van der Waals surface area (Å²) < 4.78 is 13.6. The van der Waals surface area contributed by atoms with Crippen molar-refractivity contribution in [2.24, 2.45) is 5.92 Å². The quantitative estimate of drug-likeness (QED) is 0.851. The minimum Gasteiger partial charge on any atom is -0.302 e. The van der Waals surface area contributed by atoms with Crippen LogP contribution in [0.2, 0.25) is 0 Å². The van der Waals surface area contributed by atoms with E-state index >= 15 is 0 Å². The van der Waals surface area contributed by atoms with Crippen LogP contribution < -0.4 is 5.32 Å². The Morgan fingerprint density at radius 1 is 1.50 bits per heavy atom. The third-order valence-electron chi connectivity index (χ3n) is 3.00. The number of nitrogens with one attached hydrogen (secondary N) is 1. The van der Waals surface area contributed by atoms with Crippen molar-refractivity contribution in [3.63, 3.8) is 0 Å². The van der Waals surface area contributed by atoms with Crippen LogP contribution in [0, 0.1) is 11.7 Å². The Balaban J connectivity index is 2.07. The molecule has 1 N–H and O–H groups in total. The number of benzene rings is 1. The summed E-state index contributed by atoms with van der Waals surface area (Å²) in [4.78, 5) is -0.0191. The molecule has 1 aromatic rings. The lowest BCUT2D eigenvalue weighted by atomic mass is 10.0. The molecule has 3 heteroatoms. The molecule has 1 aliphatic heterocycles. The molecule has 2 rings (SSSR count). The molecule has 1 saturated heterocycles. The molecule has 1 nitrogen and oxygen atoms in total. The lowest BCUT2D eigenvalue weighted by Gasteiger charge is -2.37. The van der Waals surface area contributed by atoms with Crippen LogP contribution in [0.1, 0.15) is 19.4 Å². The molecule has 1 fully saturated rings. The van der Waals surface area contributed by atoms with Crippen LogP contribution in [0.15, 0.2) is 24.3 Å². The Kier molecular flexibility index (Phi) is 3.55. The van der Waals surface area contributed by atoms with Gasteiger partial charge in [0.15, 0.2) is 0 Å². The predicted molar refractivity (Wildman–Crippen MR) is 68.1 cm³/mol. The van der Waals surface area contributed by atoms with Crippen LogP contribution in [0.25, 0.3) is 0 Å². The second kappa shape index (κ2) is 4.76. The summed E-state index contributed by atoms with van der Waals surface area (Å²) in [5.74, 6) is 1.77. The van der Waals surface area contributed by atoms with Crippen molar-refractivity contribution >= 4 is 11.8 Å². The molecular weight excluding hydrogens is 221 g/mol. The van der Waals surface area contributed by atoms with Crippen molar-refractivity contribution in [1.29, 1.82) is 0 Å². The fourth-order valence-electron chi connectivity index (χ4n) is 1.94. The maximum Gasteiger partial charge on any atom is 0.126 e. The zero-order valence-corrected chi connectivity index (χ0v) is 10.6. The van der Waals surface area contributed by atoms with E-state index in [4.69, 9.17) is 0 Å². The molecule has 1 aromatic carbocycles. The minimum absolute atomic E-state index is 0.0191. The van der Waals surface area contributed by atoms with Crippen LogP contribution in [0.3, 0.4) is 0 Å². The highest BCUT2D eigenvalue weighted by Gasteiger charge is 2.30. The van der Waals surface area contributed by atoms with Crippen molar-refractivity contribution in [3.8, 4) is 0 Å². The minimum atomic E-state index is -0.0928. The second-order valence-corrected chi connectivity index (χ2v) is 6.32. The molecule has 2 unspecified atom stereocenters. The first-order chi connectivity index (χ1) is 7.59. The molecule has 0 aromatic heterocycles. The first-order valence-corrected chi connectivity index (χ1v) is 6.70. The van der Waals surface area contributed by atoms with Gasteiger partial charge in [0.1, 0.15) is 5.82 Å². The van der Waals surface area contributed by atoms with E-state index in [9.17, 15) is 4.39 Å². The highest BCUT2D eigenvalue weighted by Crippen LogP contribution is 2.32. The van der Waals surface area contributed by atoms with E-state index in [1.165, 1.54) is 6.07 Å². The predicted octanol–water partition coefficient (Wildman–Crippen LogP) is 3.06. The Morgan fingerprint density at radius 3 is 2.88 bits per heavy atom. The number of rotatable bonds is 2. The highest BCUT2D eigenvalue weighted by atomic mass is 32.2. The fraction of sp³-hybridized carbons (Fsp3) is 0.538.